The van der Waals surface area contributed by atoms with Crippen molar-refractivity contribution in [2.24, 2.45) is 7.05 Å². The minimum absolute atomic E-state index is 0.309. The molecule has 2 N–H and O–H groups in total. The quantitative estimate of drug-likeness (QED) is 0.549. The van der Waals surface area contributed by atoms with Gasteiger partial charge in [-0.2, -0.15) is 5.10 Å². The molecule has 7 heteroatoms. The number of nitrogens with one attached hydrogen (secondary N) is 2. The summed E-state index contributed by atoms with van der Waals surface area (Å²) < 4.78 is 6.12. The number of carbonyl (C=O) groups is 2. The van der Waals surface area contributed by atoms with Gasteiger partial charge in [0, 0.05) is 26.1 Å². The molecule has 1 amide bonds. The molecule has 1 aliphatic rings. The van der Waals surface area contributed by atoms with Crippen LogP contribution in [0.15, 0.2) is 0 Å². The van der Waals surface area contributed by atoms with Crippen molar-refractivity contribution < 1.29 is 14.3 Å². The number of ether oxygens (including phenoxy) is 1. The minimum atomic E-state index is -0.907. The second kappa shape index (κ2) is 4.77. The maximum absolute atomic E-state index is 11.5. The number of carbonyl (C=O) groups excluding carboxylic acids is 2. The number of rotatable bonds is 2. The standard InChI is InChI=1S/C11H16N4O3/c1-6-8(13-10(16)11(17)18-3)9(15(2)14-6)7-4-12-5-7/h7,12H,4-5H2,1-3H3,(H,13,16). The van der Waals surface area contributed by atoms with E-state index in [2.05, 4.69) is 20.5 Å². The summed E-state index contributed by atoms with van der Waals surface area (Å²) in [6, 6.07) is 0. The van der Waals surface area contributed by atoms with E-state index in [1.54, 1.807) is 11.6 Å². The van der Waals surface area contributed by atoms with Crippen molar-refractivity contribution in [2.45, 2.75) is 12.8 Å². The SMILES string of the molecule is COC(=O)C(=O)Nc1c(C)nn(C)c1C1CNC1. The number of methoxy groups -OCH3 is 1. The van der Waals surface area contributed by atoms with Crippen molar-refractivity contribution in [1.82, 2.24) is 15.1 Å². The van der Waals surface area contributed by atoms with Gasteiger partial charge in [0.1, 0.15) is 0 Å². The fourth-order valence-corrected chi connectivity index (χ4v) is 2.04. The van der Waals surface area contributed by atoms with Gasteiger partial charge in [0.05, 0.1) is 24.2 Å². The molecular weight excluding hydrogens is 236 g/mol. The fourth-order valence-electron chi connectivity index (χ4n) is 2.04. The Labute approximate surface area is 104 Å². The maximum atomic E-state index is 11.5. The molecule has 1 saturated heterocycles. The second-order valence-electron chi connectivity index (χ2n) is 4.27. The van der Waals surface area contributed by atoms with Crippen molar-refractivity contribution in [3.8, 4) is 0 Å². The molecule has 0 atom stereocenters. The molecule has 7 nitrogen and oxygen atoms in total. The van der Waals surface area contributed by atoms with Crippen LogP contribution in [-0.2, 0) is 21.4 Å². The predicted molar refractivity (Wildman–Crippen MR) is 64.2 cm³/mol. The van der Waals surface area contributed by atoms with Crippen molar-refractivity contribution in [2.75, 3.05) is 25.5 Å². The zero-order valence-electron chi connectivity index (χ0n) is 10.6. The number of esters is 1. The largest absolute Gasteiger partial charge is 0.462 e. The molecule has 2 rings (SSSR count). The first-order valence-electron chi connectivity index (χ1n) is 5.68. The zero-order chi connectivity index (χ0) is 13.3. The van der Waals surface area contributed by atoms with Crippen LogP contribution in [-0.4, -0.2) is 41.9 Å². The molecule has 18 heavy (non-hydrogen) atoms. The molecule has 1 aliphatic heterocycles. The molecule has 0 spiro atoms. The van der Waals surface area contributed by atoms with Crippen LogP contribution in [0.5, 0.6) is 0 Å². The Bertz CT molecular complexity index is 491. The van der Waals surface area contributed by atoms with Crippen LogP contribution >= 0.6 is 0 Å². The van der Waals surface area contributed by atoms with Crippen LogP contribution in [0.3, 0.4) is 0 Å². The number of nitrogens with zero attached hydrogens (tertiary/aromatic N) is 2. The highest BCUT2D eigenvalue weighted by molar-refractivity contribution is 6.37. The van der Waals surface area contributed by atoms with E-state index in [1.807, 2.05) is 7.05 Å². The molecule has 0 unspecified atom stereocenters. The van der Waals surface area contributed by atoms with Crippen LogP contribution in [0.2, 0.25) is 0 Å². The van der Waals surface area contributed by atoms with E-state index in [-0.39, 0.29) is 0 Å². The Kier molecular flexibility index (Phi) is 3.33. The molecule has 0 bridgehead atoms. The van der Waals surface area contributed by atoms with E-state index in [0.717, 1.165) is 18.8 Å². The Morgan fingerprint density at radius 2 is 2.17 bits per heavy atom. The summed E-state index contributed by atoms with van der Waals surface area (Å²) in [5.41, 5.74) is 2.24. The number of amides is 1. The molecule has 0 aromatic carbocycles. The molecule has 0 aliphatic carbocycles. The maximum Gasteiger partial charge on any atom is 0.396 e. The minimum Gasteiger partial charge on any atom is -0.462 e. The average Bonchev–Trinajstić information content (AvgIpc) is 2.53. The van der Waals surface area contributed by atoms with Crippen molar-refractivity contribution in [3.05, 3.63) is 11.4 Å². The van der Waals surface area contributed by atoms with E-state index in [0.29, 0.717) is 17.3 Å². The van der Waals surface area contributed by atoms with E-state index < -0.39 is 11.9 Å². The van der Waals surface area contributed by atoms with Crippen LogP contribution in [0.1, 0.15) is 17.3 Å². The van der Waals surface area contributed by atoms with E-state index in [1.165, 1.54) is 7.11 Å². The Hall–Kier alpha value is -1.89. The second-order valence-corrected chi connectivity index (χ2v) is 4.27. The van der Waals surface area contributed by atoms with Gasteiger partial charge >= 0.3 is 11.9 Å². The lowest BCUT2D eigenvalue weighted by molar-refractivity contribution is -0.150. The lowest BCUT2D eigenvalue weighted by Gasteiger charge is -2.28. The summed E-state index contributed by atoms with van der Waals surface area (Å²) in [5, 5.41) is 10.0. The molecule has 0 saturated carbocycles. The van der Waals surface area contributed by atoms with Crippen LogP contribution in [0.4, 0.5) is 5.69 Å². The topological polar surface area (TPSA) is 85.2 Å². The summed E-state index contributed by atoms with van der Waals surface area (Å²) in [7, 11) is 3.00. The summed E-state index contributed by atoms with van der Waals surface area (Å²) >= 11 is 0. The van der Waals surface area contributed by atoms with Crippen LogP contribution in [0, 0.1) is 6.92 Å². The fraction of sp³-hybridized carbons (Fsp3) is 0.545. The summed E-state index contributed by atoms with van der Waals surface area (Å²) in [4.78, 5) is 22.7. The first-order valence-corrected chi connectivity index (χ1v) is 5.68. The highest BCUT2D eigenvalue weighted by atomic mass is 16.5. The molecular formula is C11H16N4O3. The lowest BCUT2D eigenvalue weighted by atomic mass is 9.97. The van der Waals surface area contributed by atoms with Gasteiger partial charge in [0.2, 0.25) is 0 Å². The molecule has 1 aromatic heterocycles. The van der Waals surface area contributed by atoms with E-state index in [9.17, 15) is 9.59 Å². The van der Waals surface area contributed by atoms with Gasteiger partial charge in [-0.15, -0.1) is 0 Å². The average molecular weight is 252 g/mol. The molecule has 0 radical (unpaired) electrons. The van der Waals surface area contributed by atoms with Gasteiger partial charge in [-0.1, -0.05) is 0 Å². The monoisotopic (exact) mass is 252 g/mol. The number of aromatic nitrogens is 2. The van der Waals surface area contributed by atoms with Gasteiger partial charge in [-0.3, -0.25) is 9.48 Å². The van der Waals surface area contributed by atoms with Crippen LogP contribution < -0.4 is 10.6 Å². The van der Waals surface area contributed by atoms with Gasteiger partial charge < -0.3 is 15.4 Å². The molecule has 98 valence electrons. The molecule has 1 fully saturated rings. The highest BCUT2D eigenvalue weighted by Crippen LogP contribution is 2.29. The lowest BCUT2D eigenvalue weighted by Crippen LogP contribution is -2.41. The van der Waals surface area contributed by atoms with E-state index in [4.69, 9.17) is 0 Å². The normalized spacial score (nSPS) is 15.1. The first-order chi connectivity index (χ1) is 8.54. The number of anilines is 1. The van der Waals surface area contributed by atoms with Gasteiger partial charge in [-0.05, 0) is 6.92 Å². The third-order valence-electron chi connectivity index (χ3n) is 3.04. The number of hydrogen-bond acceptors (Lipinski definition) is 5. The Morgan fingerprint density at radius 3 is 2.67 bits per heavy atom. The van der Waals surface area contributed by atoms with Crippen molar-refractivity contribution in [3.63, 3.8) is 0 Å². The third-order valence-corrected chi connectivity index (χ3v) is 3.04. The summed E-state index contributed by atoms with van der Waals surface area (Å²) in [6.07, 6.45) is 0. The summed E-state index contributed by atoms with van der Waals surface area (Å²) in [6.45, 7) is 3.49. The Balaban J connectivity index is 2.26. The number of aryl methyl sites for hydroxylation is 2. The third kappa shape index (κ3) is 2.08. The molecule has 1 aromatic rings. The van der Waals surface area contributed by atoms with Crippen LogP contribution in [0.25, 0.3) is 0 Å². The zero-order valence-corrected chi connectivity index (χ0v) is 10.6. The van der Waals surface area contributed by atoms with E-state index >= 15 is 0 Å². The van der Waals surface area contributed by atoms with Gasteiger partial charge in [0.25, 0.3) is 0 Å². The first kappa shape index (κ1) is 12.6. The van der Waals surface area contributed by atoms with Crippen molar-refractivity contribution >= 4 is 17.6 Å². The smallest absolute Gasteiger partial charge is 0.396 e. The Morgan fingerprint density at radius 1 is 1.50 bits per heavy atom. The van der Waals surface area contributed by atoms with Gasteiger partial charge in [-0.25, -0.2) is 4.79 Å². The van der Waals surface area contributed by atoms with Gasteiger partial charge in [0.15, 0.2) is 0 Å². The predicted octanol–water partition coefficient (Wildman–Crippen LogP) is -0.473. The van der Waals surface area contributed by atoms with Crippen molar-refractivity contribution in [1.29, 1.82) is 0 Å². The highest BCUT2D eigenvalue weighted by Gasteiger charge is 2.28. The summed E-state index contributed by atoms with van der Waals surface area (Å²) in [5.74, 6) is -1.37. The number of hydrogen-bond donors (Lipinski definition) is 2. The molecule has 2 heterocycles.